The van der Waals surface area contributed by atoms with Gasteiger partial charge in [0.25, 0.3) is 0 Å². The van der Waals surface area contributed by atoms with Crippen LogP contribution in [0.1, 0.15) is 22.5 Å². The average molecular weight is 394 g/mol. The number of benzene rings is 2. The lowest BCUT2D eigenvalue weighted by Gasteiger charge is -2.03. The van der Waals surface area contributed by atoms with Crippen LogP contribution in [0.5, 0.6) is 11.5 Å². The summed E-state index contributed by atoms with van der Waals surface area (Å²) in [6, 6.07) is 15.5. The molecule has 1 heterocycles. The van der Waals surface area contributed by atoms with Gasteiger partial charge in [0, 0.05) is 24.3 Å². The molecule has 0 spiro atoms. The fourth-order valence-corrected chi connectivity index (χ4v) is 2.89. The second-order valence-electron chi connectivity index (χ2n) is 6.39. The van der Waals surface area contributed by atoms with Crippen LogP contribution in [-0.2, 0) is 7.05 Å². The number of hydrogen-bond acceptors (Lipinski definition) is 2. The van der Waals surface area contributed by atoms with E-state index in [1.807, 2.05) is 54.1 Å². The maximum Gasteiger partial charge on any atom is 0.205 e. The average Bonchev–Trinajstić information content (AvgIpc) is 2.72. The minimum atomic E-state index is -0.401. The smallest absolute Gasteiger partial charge is 0.205 e. The first-order valence-corrected chi connectivity index (χ1v) is 9.04. The Bertz CT molecular complexity index is 993. The Hall–Kier alpha value is -3.47. The van der Waals surface area contributed by atoms with Crippen LogP contribution in [0.3, 0.4) is 0 Å². The highest BCUT2D eigenvalue weighted by Crippen LogP contribution is 2.20. The zero-order valence-corrected chi connectivity index (χ0v) is 16.5. The summed E-state index contributed by atoms with van der Waals surface area (Å²) in [5.74, 6) is -0.366. The minimum absolute atomic E-state index is 0.217. The Morgan fingerprint density at radius 1 is 0.690 bits per heavy atom. The van der Waals surface area contributed by atoms with Crippen molar-refractivity contribution in [1.82, 2.24) is 0 Å². The van der Waals surface area contributed by atoms with Gasteiger partial charge in [-0.05, 0) is 53.6 Å². The highest BCUT2D eigenvalue weighted by molar-refractivity contribution is 5.69. The molecule has 3 nitrogen and oxygen atoms in total. The summed E-state index contributed by atoms with van der Waals surface area (Å²) in [6.45, 7) is 0. The maximum atomic E-state index is 13.8. The lowest BCUT2D eigenvalue weighted by molar-refractivity contribution is -0.675. The van der Waals surface area contributed by atoms with Crippen molar-refractivity contribution < 1.29 is 22.8 Å². The molecule has 3 rings (SSSR count). The van der Waals surface area contributed by atoms with Crippen LogP contribution in [0, 0.1) is 11.6 Å². The Kier molecular flexibility index (Phi) is 6.39. The lowest BCUT2D eigenvalue weighted by atomic mass is 10.1. The van der Waals surface area contributed by atoms with E-state index < -0.39 is 11.6 Å². The lowest BCUT2D eigenvalue weighted by Crippen LogP contribution is -2.35. The summed E-state index contributed by atoms with van der Waals surface area (Å²) in [4.78, 5) is 0. The van der Waals surface area contributed by atoms with Crippen molar-refractivity contribution in [2.24, 2.45) is 7.05 Å². The third-order valence-electron chi connectivity index (χ3n) is 4.55. The van der Waals surface area contributed by atoms with E-state index in [0.29, 0.717) is 0 Å². The van der Waals surface area contributed by atoms with Gasteiger partial charge in [0.15, 0.2) is 23.1 Å². The normalized spacial score (nSPS) is 11.3. The van der Waals surface area contributed by atoms with Crippen molar-refractivity contribution in [3.8, 4) is 11.5 Å². The van der Waals surface area contributed by atoms with E-state index in [2.05, 4.69) is 0 Å². The van der Waals surface area contributed by atoms with Gasteiger partial charge in [-0.3, -0.25) is 0 Å². The van der Waals surface area contributed by atoms with Crippen molar-refractivity contribution in [3.05, 3.63) is 88.7 Å². The number of pyridine rings is 1. The molecule has 0 saturated heterocycles. The molecule has 0 atom stereocenters. The Labute approximate surface area is 169 Å². The van der Waals surface area contributed by atoms with Gasteiger partial charge in [0.2, 0.25) is 11.4 Å². The number of rotatable bonds is 6. The maximum absolute atomic E-state index is 13.8. The van der Waals surface area contributed by atoms with Crippen molar-refractivity contribution >= 4 is 24.3 Å². The molecule has 0 saturated carbocycles. The quantitative estimate of drug-likeness (QED) is 0.540. The number of hydrogen-bond donors (Lipinski definition) is 0. The van der Waals surface area contributed by atoms with E-state index in [4.69, 9.17) is 9.47 Å². The first-order chi connectivity index (χ1) is 14.0. The van der Waals surface area contributed by atoms with Gasteiger partial charge in [0.05, 0.1) is 14.2 Å². The summed E-state index contributed by atoms with van der Waals surface area (Å²) in [7, 11) is 4.81. The monoisotopic (exact) mass is 394 g/mol. The van der Waals surface area contributed by atoms with Crippen LogP contribution in [0.25, 0.3) is 24.3 Å². The fraction of sp³-hybridized carbons (Fsp3) is 0.125. The largest absolute Gasteiger partial charge is 0.494 e. The van der Waals surface area contributed by atoms with Crippen LogP contribution in [0.2, 0.25) is 0 Å². The number of halogens is 2. The van der Waals surface area contributed by atoms with Crippen molar-refractivity contribution in [3.63, 3.8) is 0 Å². The highest BCUT2D eigenvalue weighted by Gasteiger charge is 2.08. The molecular formula is C24H22F2NO2+. The van der Waals surface area contributed by atoms with Crippen LogP contribution in [0.4, 0.5) is 8.78 Å². The molecule has 0 radical (unpaired) electrons. The first-order valence-electron chi connectivity index (χ1n) is 9.04. The van der Waals surface area contributed by atoms with Gasteiger partial charge >= 0.3 is 0 Å². The van der Waals surface area contributed by atoms with Gasteiger partial charge in [-0.15, -0.1) is 0 Å². The van der Waals surface area contributed by atoms with Crippen molar-refractivity contribution in [2.45, 2.75) is 0 Å². The second-order valence-corrected chi connectivity index (χ2v) is 6.39. The van der Waals surface area contributed by atoms with E-state index in [1.165, 1.54) is 26.4 Å². The molecule has 1 aromatic heterocycles. The molecule has 0 aliphatic rings. The number of nitrogens with zero attached hydrogens (tertiary/aromatic N) is 1. The molecule has 0 fully saturated rings. The molecule has 0 amide bonds. The zero-order chi connectivity index (χ0) is 20.8. The Balaban J connectivity index is 1.82. The second kappa shape index (κ2) is 9.15. The summed E-state index contributed by atoms with van der Waals surface area (Å²) in [5.41, 5.74) is 3.34. The molecule has 5 heteroatoms. The van der Waals surface area contributed by atoms with Crippen molar-refractivity contribution in [1.29, 1.82) is 0 Å². The minimum Gasteiger partial charge on any atom is -0.494 e. The van der Waals surface area contributed by atoms with E-state index in [-0.39, 0.29) is 11.5 Å². The molecule has 0 N–H and O–H groups in total. The predicted molar refractivity (Wildman–Crippen MR) is 111 cm³/mol. The number of ether oxygens (including phenoxy) is 2. The van der Waals surface area contributed by atoms with Gasteiger partial charge in [0.1, 0.15) is 7.05 Å². The summed E-state index contributed by atoms with van der Waals surface area (Å²) in [5, 5.41) is 0. The summed E-state index contributed by atoms with van der Waals surface area (Å²) in [6.07, 6.45) is 7.49. The van der Waals surface area contributed by atoms with Crippen LogP contribution >= 0.6 is 0 Å². The fourth-order valence-electron chi connectivity index (χ4n) is 2.89. The molecule has 0 unspecified atom stereocenters. The third-order valence-corrected chi connectivity index (χ3v) is 4.55. The number of aromatic nitrogens is 1. The third kappa shape index (κ3) is 4.88. The molecule has 3 aromatic rings. The molecule has 2 aromatic carbocycles. The standard InChI is InChI=1S/C24H22F2NO2/c1-27-19(11-7-17-9-13-23(28-2)21(25)15-17)5-4-6-20(27)12-8-18-10-14-24(29-3)22(26)16-18/h4-16H,1-3H3/q+1/b11-7+,12-8+. The SMILES string of the molecule is COc1ccc(/C=C/c2cccc(/C=C/c3ccc(OC)c(F)c3)[n+]2C)cc1F. The predicted octanol–water partition coefficient (Wildman–Crippen LogP) is 5.15. The van der Waals surface area contributed by atoms with Crippen LogP contribution < -0.4 is 14.0 Å². The van der Waals surface area contributed by atoms with E-state index in [1.54, 1.807) is 24.3 Å². The van der Waals surface area contributed by atoms with E-state index in [9.17, 15) is 8.78 Å². The van der Waals surface area contributed by atoms with E-state index in [0.717, 1.165) is 22.5 Å². The molecule has 148 valence electrons. The van der Waals surface area contributed by atoms with Crippen LogP contribution in [-0.4, -0.2) is 14.2 Å². The Morgan fingerprint density at radius 2 is 1.14 bits per heavy atom. The van der Waals surface area contributed by atoms with Gasteiger partial charge < -0.3 is 9.47 Å². The van der Waals surface area contributed by atoms with Gasteiger partial charge in [-0.1, -0.05) is 12.1 Å². The van der Waals surface area contributed by atoms with Gasteiger partial charge in [-0.25, -0.2) is 8.78 Å². The van der Waals surface area contributed by atoms with Crippen molar-refractivity contribution in [2.75, 3.05) is 14.2 Å². The highest BCUT2D eigenvalue weighted by atomic mass is 19.1. The number of methoxy groups -OCH3 is 2. The van der Waals surface area contributed by atoms with Crippen LogP contribution in [0.15, 0.2) is 54.6 Å². The summed E-state index contributed by atoms with van der Waals surface area (Å²) >= 11 is 0. The Morgan fingerprint density at radius 3 is 1.52 bits per heavy atom. The molecule has 0 aliphatic heterocycles. The molecule has 0 bridgehead atoms. The summed E-state index contributed by atoms with van der Waals surface area (Å²) < 4.78 is 39.6. The van der Waals surface area contributed by atoms with E-state index >= 15 is 0 Å². The molecular weight excluding hydrogens is 372 g/mol. The zero-order valence-electron chi connectivity index (χ0n) is 16.5. The first kappa shape index (κ1) is 20.3. The topological polar surface area (TPSA) is 22.3 Å². The molecule has 0 aliphatic carbocycles. The van der Waals surface area contributed by atoms with Gasteiger partial charge in [-0.2, -0.15) is 4.57 Å². The molecule has 29 heavy (non-hydrogen) atoms.